The highest BCUT2D eigenvalue weighted by Crippen LogP contribution is 2.15. The van der Waals surface area contributed by atoms with Gasteiger partial charge in [-0.2, -0.15) is 0 Å². The van der Waals surface area contributed by atoms with Crippen LogP contribution in [0.15, 0.2) is 12.1 Å². The van der Waals surface area contributed by atoms with Gasteiger partial charge in [0.05, 0.1) is 20.3 Å². The maximum atomic E-state index is 12.0. The first-order valence-electron chi connectivity index (χ1n) is 6.49. The number of ether oxygens (including phenoxy) is 2. The number of morpholine rings is 1. The van der Waals surface area contributed by atoms with Gasteiger partial charge in [0.1, 0.15) is 5.15 Å². The Morgan fingerprint density at radius 1 is 1.50 bits per heavy atom. The molecule has 2 heterocycles. The fourth-order valence-corrected chi connectivity index (χ4v) is 2.16. The number of rotatable bonds is 5. The Bertz CT molecular complexity index is 464. The zero-order chi connectivity index (χ0) is 14.4. The number of hydrogen-bond acceptors (Lipinski definition) is 5. The first-order chi connectivity index (χ1) is 9.69. The summed E-state index contributed by atoms with van der Waals surface area (Å²) in [5.41, 5.74) is 0.448. The highest BCUT2D eigenvalue weighted by molar-refractivity contribution is 6.29. The van der Waals surface area contributed by atoms with Crippen molar-refractivity contribution in [2.24, 2.45) is 0 Å². The van der Waals surface area contributed by atoms with E-state index in [0.717, 1.165) is 32.8 Å². The minimum absolute atomic E-state index is 0.180. The number of hydrogen-bond donors (Lipinski definition) is 1. The molecule has 0 spiro atoms. The molecule has 110 valence electrons. The summed E-state index contributed by atoms with van der Waals surface area (Å²) in [5, 5.41) is 3.10. The summed E-state index contributed by atoms with van der Waals surface area (Å²) in [6, 6.07) is 3.09. The standard InChI is InChI=1S/C13H18ClN3O3/c1-19-12-9-10(8-11(14)16-12)13(18)15-2-3-17-4-6-20-7-5-17/h8-9H,2-7H2,1H3,(H,15,18). The topological polar surface area (TPSA) is 63.7 Å². The molecule has 0 bridgehead atoms. The number of carbonyl (C=O) groups is 1. The molecule has 1 amide bonds. The second-order valence-corrected chi connectivity index (χ2v) is 4.82. The molecular formula is C13H18ClN3O3. The van der Waals surface area contributed by atoms with E-state index in [4.69, 9.17) is 21.1 Å². The molecule has 1 fully saturated rings. The van der Waals surface area contributed by atoms with Crippen molar-refractivity contribution < 1.29 is 14.3 Å². The summed E-state index contributed by atoms with van der Waals surface area (Å²) < 4.78 is 10.3. The number of aromatic nitrogens is 1. The van der Waals surface area contributed by atoms with Crippen LogP contribution in [0.1, 0.15) is 10.4 Å². The number of halogens is 1. The van der Waals surface area contributed by atoms with Crippen LogP contribution in [0, 0.1) is 0 Å². The van der Waals surface area contributed by atoms with Gasteiger partial charge in [-0.15, -0.1) is 0 Å². The van der Waals surface area contributed by atoms with Gasteiger partial charge in [0, 0.05) is 37.8 Å². The molecule has 1 aliphatic rings. The largest absolute Gasteiger partial charge is 0.481 e. The van der Waals surface area contributed by atoms with E-state index in [0.29, 0.717) is 18.0 Å². The van der Waals surface area contributed by atoms with Gasteiger partial charge in [-0.3, -0.25) is 9.69 Å². The van der Waals surface area contributed by atoms with Gasteiger partial charge in [0.2, 0.25) is 5.88 Å². The lowest BCUT2D eigenvalue weighted by Gasteiger charge is -2.26. The average molecular weight is 300 g/mol. The van der Waals surface area contributed by atoms with Gasteiger partial charge < -0.3 is 14.8 Å². The van der Waals surface area contributed by atoms with Crippen molar-refractivity contribution in [1.82, 2.24) is 15.2 Å². The Labute approximate surface area is 123 Å². The third-order valence-corrected chi connectivity index (χ3v) is 3.25. The quantitative estimate of drug-likeness (QED) is 0.815. The predicted molar refractivity (Wildman–Crippen MR) is 75.4 cm³/mol. The van der Waals surface area contributed by atoms with Gasteiger partial charge in [0.25, 0.3) is 5.91 Å². The van der Waals surface area contributed by atoms with Crippen LogP contribution in [0.3, 0.4) is 0 Å². The molecular weight excluding hydrogens is 282 g/mol. The third-order valence-electron chi connectivity index (χ3n) is 3.06. The summed E-state index contributed by atoms with van der Waals surface area (Å²) >= 11 is 5.84. The smallest absolute Gasteiger partial charge is 0.251 e. The third kappa shape index (κ3) is 4.33. The van der Waals surface area contributed by atoms with Crippen LogP contribution in [0.25, 0.3) is 0 Å². The fourth-order valence-electron chi connectivity index (χ4n) is 1.96. The molecule has 1 aliphatic heterocycles. The van der Waals surface area contributed by atoms with Crippen LogP contribution >= 0.6 is 11.6 Å². The number of methoxy groups -OCH3 is 1. The van der Waals surface area contributed by atoms with E-state index in [9.17, 15) is 4.79 Å². The van der Waals surface area contributed by atoms with Gasteiger partial charge in [-0.05, 0) is 6.07 Å². The zero-order valence-corrected chi connectivity index (χ0v) is 12.2. The molecule has 0 aromatic carbocycles. The Morgan fingerprint density at radius 2 is 2.25 bits per heavy atom. The fraction of sp³-hybridized carbons (Fsp3) is 0.538. The Balaban J connectivity index is 1.83. The Morgan fingerprint density at radius 3 is 2.95 bits per heavy atom. The van der Waals surface area contributed by atoms with Crippen LogP contribution in [-0.4, -0.2) is 62.3 Å². The molecule has 0 radical (unpaired) electrons. The molecule has 2 rings (SSSR count). The average Bonchev–Trinajstić information content (AvgIpc) is 2.47. The maximum absolute atomic E-state index is 12.0. The first kappa shape index (κ1) is 15.0. The lowest BCUT2D eigenvalue weighted by atomic mass is 10.2. The van der Waals surface area contributed by atoms with Gasteiger partial charge in [-0.1, -0.05) is 11.6 Å². The molecule has 0 saturated carbocycles. The van der Waals surface area contributed by atoms with E-state index in [1.165, 1.54) is 13.2 Å². The van der Waals surface area contributed by atoms with E-state index in [2.05, 4.69) is 15.2 Å². The van der Waals surface area contributed by atoms with Crippen LogP contribution < -0.4 is 10.1 Å². The summed E-state index contributed by atoms with van der Waals surface area (Å²) in [5.74, 6) is 0.150. The Kier molecular flexibility index (Phi) is 5.58. The lowest BCUT2D eigenvalue weighted by molar-refractivity contribution is 0.0383. The molecule has 1 aromatic heterocycles. The van der Waals surface area contributed by atoms with Crippen molar-refractivity contribution in [2.75, 3.05) is 46.5 Å². The summed E-state index contributed by atoms with van der Waals surface area (Å²) in [6.45, 7) is 4.72. The van der Waals surface area contributed by atoms with Gasteiger partial charge >= 0.3 is 0 Å². The summed E-state index contributed by atoms with van der Waals surface area (Å²) in [4.78, 5) is 18.2. The van der Waals surface area contributed by atoms with Gasteiger partial charge in [-0.25, -0.2) is 4.98 Å². The van der Waals surface area contributed by atoms with Crippen molar-refractivity contribution in [3.8, 4) is 5.88 Å². The first-order valence-corrected chi connectivity index (χ1v) is 6.86. The van der Waals surface area contributed by atoms with Crippen LogP contribution in [0.5, 0.6) is 5.88 Å². The summed E-state index contributed by atoms with van der Waals surface area (Å²) in [7, 11) is 1.48. The monoisotopic (exact) mass is 299 g/mol. The van der Waals surface area contributed by atoms with E-state index in [1.807, 2.05) is 0 Å². The molecule has 20 heavy (non-hydrogen) atoms. The number of nitrogens with one attached hydrogen (secondary N) is 1. The molecule has 1 aromatic rings. The normalized spacial score (nSPS) is 15.9. The highest BCUT2D eigenvalue weighted by Gasteiger charge is 2.12. The summed E-state index contributed by atoms with van der Waals surface area (Å²) in [6.07, 6.45) is 0. The van der Waals surface area contributed by atoms with E-state index < -0.39 is 0 Å². The van der Waals surface area contributed by atoms with Crippen LogP contribution in [0.4, 0.5) is 0 Å². The minimum Gasteiger partial charge on any atom is -0.481 e. The van der Waals surface area contributed by atoms with Crippen molar-refractivity contribution in [3.05, 3.63) is 22.8 Å². The zero-order valence-electron chi connectivity index (χ0n) is 11.4. The number of amides is 1. The molecule has 1 N–H and O–H groups in total. The number of pyridine rings is 1. The molecule has 6 nitrogen and oxygen atoms in total. The molecule has 0 atom stereocenters. The highest BCUT2D eigenvalue weighted by atomic mass is 35.5. The van der Waals surface area contributed by atoms with Crippen molar-refractivity contribution in [2.45, 2.75) is 0 Å². The number of nitrogens with zero attached hydrogens (tertiary/aromatic N) is 2. The second kappa shape index (κ2) is 7.42. The van der Waals surface area contributed by atoms with Crippen molar-refractivity contribution in [3.63, 3.8) is 0 Å². The minimum atomic E-state index is -0.180. The van der Waals surface area contributed by atoms with Crippen molar-refractivity contribution >= 4 is 17.5 Å². The molecule has 0 unspecified atom stereocenters. The van der Waals surface area contributed by atoms with E-state index in [1.54, 1.807) is 6.07 Å². The molecule has 0 aliphatic carbocycles. The molecule has 7 heteroatoms. The van der Waals surface area contributed by atoms with E-state index >= 15 is 0 Å². The maximum Gasteiger partial charge on any atom is 0.251 e. The SMILES string of the molecule is COc1cc(C(=O)NCCN2CCOCC2)cc(Cl)n1. The lowest BCUT2D eigenvalue weighted by Crippen LogP contribution is -2.41. The molecule has 1 saturated heterocycles. The number of carbonyl (C=O) groups excluding carboxylic acids is 1. The van der Waals surface area contributed by atoms with E-state index in [-0.39, 0.29) is 11.1 Å². The predicted octanol–water partition coefficient (Wildman–Crippen LogP) is 0.806. The second-order valence-electron chi connectivity index (χ2n) is 4.43. The van der Waals surface area contributed by atoms with Crippen molar-refractivity contribution in [1.29, 1.82) is 0 Å². The van der Waals surface area contributed by atoms with Crippen LogP contribution in [0.2, 0.25) is 5.15 Å². The van der Waals surface area contributed by atoms with Gasteiger partial charge in [0.15, 0.2) is 0 Å². The Hall–Kier alpha value is -1.37. The van der Waals surface area contributed by atoms with Crippen LogP contribution in [-0.2, 0) is 4.74 Å².